The fraction of sp³-hybridized carbons (Fsp3) is 0.214. The molecular formula is C14H15Cl2N3OS. The van der Waals surface area contributed by atoms with Gasteiger partial charge in [0.2, 0.25) is 5.91 Å². The predicted molar refractivity (Wildman–Crippen MR) is 90.2 cm³/mol. The van der Waals surface area contributed by atoms with Crippen molar-refractivity contribution in [1.29, 1.82) is 0 Å². The Kier molecular flexibility index (Phi) is 5.47. The summed E-state index contributed by atoms with van der Waals surface area (Å²) in [6.45, 7) is 0.927. The average molecular weight is 344 g/mol. The van der Waals surface area contributed by atoms with Gasteiger partial charge in [-0.25, -0.2) is 0 Å². The van der Waals surface area contributed by atoms with E-state index in [1.54, 1.807) is 18.2 Å². The molecule has 0 spiro atoms. The van der Waals surface area contributed by atoms with Gasteiger partial charge in [-0.2, -0.15) is 0 Å². The number of nitrogens with two attached hydrogens (primary N) is 1. The number of nitrogen functional groups attached to an aromatic ring is 1. The monoisotopic (exact) mass is 343 g/mol. The Labute approximate surface area is 137 Å². The summed E-state index contributed by atoms with van der Waals surface area (Å²) in [5, 5.41) is 3.20. The summed E-state index contributed by atoms with van der Waals surface area (Å²) in [6, 6.07) is 8.80. The molecular weight excluding hydrogens is 329 g/mol. The molecule has 1 heterocycles. The molecule has 0 bridgehead atoms. The fourth-order valence-corrected chi connectivity index (χ4v) is 3.23. The molecule has 7 heteroatoms. The Bertz CT molecular complexity index is 645. The number of thiophene rings is 1. The van der Waals surface area contributed by atoms with Crippen LogP contribution in [0, 0.1) is 0 Å². The van der Waals surface area contributed by atoms with E-state index in [2.05, 4.69) is 5.32 Å². The van der Waals surface area contributed by atoms with Gasteiger partial charge in [-0.05, 0) is 37.4 Å². The lowest BCUT2D eigenvalue weighted by Crippen LogP contribution is -2.29. The van der Waals surface area contributed by atoms with Gasteiger partial charge in [-0.1, -0.05) is 23.2 Å². The van der Waals surface area contributed by atoms with Crippen LogP contribution in [-0.4, -0.2) is 24.4 Å². The zero-order valence-corrected chi connectivity index (χ0v) is 13.7. The highest BCUT2D eigenvalue weighted by Crippen LogP contribution is 2.24. The number of nitrogens with zero attached hydrogens (tertiary/aromatic N) is 1. The number of likely N-dealkylation sites (N-methyl/N-ethyl adjacent to an activating group) is 1. The number of halogens is 2. The van der Waals surface area contributed by atoms with Crippen molar-refractivity contribution in [3.8, 4) is 0 Å². The molecule has 4 nitrogen and oxygen atoms in total. The molecule has 0 aliphatic rings. The molecule has 0 radical (unpaired) electrons. The van der Waals surface area contributed by atoms with Crippen LogP contribution >= 0.6 is 34.5 Å². The smallest absolute Gasteiger partial charge is 0.238 e. The van der Waals surface area contributed by atoms with E-state index in [-0.39, 0.29) is 12.5 Å². The number of hydrogen-bond donors (Lipinski definition) is 2. The molecule has 0 saturated heterocycles. The number of carbonyl (C=O) groups excluding carboxylic acids is 1. The number of rotatable bonds is 5. The largest absolute Gasteiger partial charge is 0.399 e. The maximum Gasteiger partial charge on any atom is 0.238 e. The highest BCUT2D eigenvalue weighted by atomic mass is 35.5. The van der Waals surface area contributed by atoms with E-state index in [1.807, 2.05) is 24.1 Å². The normalized spacial score (nSPS) is 10.9. The first-order chi connectivity index (χ1) is 9.94. The van der Waals surface area contributed by atoms with E-state index in [4.69, 9.17) is 28.9 Å². The molecule has 21 heavy (non-hydrogen) atoms. The number of nitrogens with one attached hydrogen (secondary N) is 1. The molecule has 0 aliphatic carbocycles. The summed E-state index contributed by atoms with van der Waals surface area (Å²) in [5.74, 6) is -0.133. The first-order valence-corrected chi connectivity index (χ1v) is 7.79. The quantitative estimate of drug-likeness (QED) is 0.813. The van der Waals surface area contributed by atoms with Crippen LogP contribution in [0.25, 0.3) is 0 Å². The van der Waals surface area contributed by atoms with Crippen molar-refractivity contribution in [2.45, 2.75) is 6.54 Å². The van der Waals surface area contributed by atoms with Crippen LogP contribution in [0.3, 0.4) is 0 Å². The van der Waals surface area contributed by atoms with Gasteiger partial charge in [-0.15, -0.1) is 11.3 Å². The zero-order chi connectivity index (χ0) is 15.4. The topological polar surface area (TPSA) is 58.4 Å². The van der Waals surface area contributed by atoms with Crippen molar-refractivity contribution < 1.29 is 4.79 Å². The molecule has 112 valence electrons. The molecule has 3 N–H and O–H groups in total. The van der Waals surface area contributed by atoms with E-state index in [9.17, 15) is 4.79 Å². The SMILES string of the molecule is CN(CC(=O)Nc1ccc(N)cc1Cl)Cc1ccc(Cl)s1. The zero-order valence-electron chi connectivity index (χ0n) is 11.4. The molecule has 0 atom stereocenters. The van der Waals surface area contributed by atoms with Gasteiger partial charge in [0.25, 0.3) is 0 Å². The highest BCUT2D eigenvalue weighted by molar-refractivity contribution is 7.16. The highest BCUT2D eigenvalue weighted by Gasteiger charge is 2.10. The fourth-order valence-electron chi connectivity index (χ4n) is 1.83. The van der Waals surface area contributed by atoms with Crippen LogP contribution in [0.15, 0.2) is 30.3 Å². The second-order valence-corrected chi connectivity index (χ2v) is 6.87. The van der Waals surface area contributed by atoms with Crippen LogP contribution in [0.4, 0.5) is 11.4 Å². The summed E-state index contributed by atoms with van der Waals surface area (Å²) in [7, 11) is 1.87. The minimum atomic E-state index is -0.133. The third kappa shape index (κ3) is 4.89. The van der Waals surface area contributed by atoms with Gasteiger partial charge >= 0.3 is 0 Å². The lowest BCUT2D eigenvalue weighted by Gasteiger charge is -2.15. The summed E-state index contributed by atoms with van der Waals surface area (Å²) in [5.41, 5.74) is 6.73. The van der Waals surface area contributed by atoms with E-state index >= 15 is 0 Å². The van der Waals surface area contributed by atoms with Gasteiger partial charge < -0.3 is 11.1 Å². The standard InChI is InChI=1S/C14H15Cl2N3OS/c1-19(7-10-3-5-13(16)21-10)8-14(20)18-12-4-2-9(17)6-11(12)15/h2-6H,7-8,17H2,1H3,(H,18,20). The average Bonchev–Trinajstić information content (AvgIpc) is 2.78. The van der Waals surface area contributed by atoms with E-state index in [0.717, 1.165) is 9.21 Å². The number of anilines is 2. The second kappa shape index (κ2) is 7.13. The summed E-state index contributed by atoms with van der Waals surface area (Å²) in [6.07, 6.45) is 0. The summed E-state index contributed by atoms with van der Waals surface area (Å²) >= 11 is 13.4. The lowest BCUT2D eigenvalue weighted by molar-refractivity contribution is -0.117. The van der Waals surface area contributed by atoms with Crippen molar-refractivity contribution in [3.05, 3.63) is 44.6 Å². The second-order valence-electron chi connectivity index (χ2n) is 4.67. The Morgan fingerprint density at radius 3 is 2.71 bits per heavy atom. The first kappa shape index (κ1) is 16.1. The molecule has 2 rings (SSSR count). The van der Waals surface area contributed by atoms with Gasteiger partial charge in [0.15, 0.2) is 0 Å². The molecule has 1 amide bonds. The number of amides is 1. The van der Waals surface area contributed by atoms with Crippen LogP contribution in [-0.2, 0) is 11.3 Å². The first-order valence-electron chi connectivity index (χ1n) is 6.21. The molecule has 0 unspecified atom stereocenters. The van der Waals surface area contributed by atoms with Crippen molar-refractivity contribution in [2.24, 2.45) is 0 Å². The maximum absolute atomic E-state index is 12.0. The Balaban J connectivity index is 1.89. The van der Waals surface area contributed by atoms with Crippen LogP contribution < -0.4 is 11.1 Å². The van der Waals surface area contributed by atoms with Crippen molar-refractivity contribution in [3.63, 3.8) is 0 Å². The summed E-state index contributed by atoms with van der Waals surface area (Å²) in [4.78, 5) is 15.0. The van der Waals surface area contributed by atoms with E-state index in [0.29, 0.717) is 22.9 Å². The van der Waals surface area contributed by atoms with Gasteiger partial charge in [-0.3, -0.25) is 9.69 Å². The molecule has 0 aliphatic heterocycles. The lowest BCUT2D eigenvalue weighted by atomic mass is 10.3. The van der Waals surface area contributed by atoms with Crippen molar-refractivity contribution in [1.82, 2.24) is 4.90 Å². The third-order valence-corrected chi connectivity index (χ3v) is 4.26. The van der Waals surface area contributed by atoms with Crippen LogP contribution in [0.5, 0.6) is 0 Å². The van der Waals surface area contributed by atoms with Crippen LogP contribution in [0.2, 0.25) is 9.36 Å². The Morgan fingerprint density at radius 2 is 2.10 bits per heavy atom. The van der Waals surface area contributed by atoms with Crippen molar-refractivity contribution >= 4 is 51.8 Å². The molecule has 0 saturated carbocycles. The van der Waals surface area contributed by atoms with E-state index in [1.165, 1.54) is 11.3 Å². The van der Waals surface area contributed by atoms with Gasteiger partial charge in [0.1, 0.15) is 0 Å². The molecule has 2 aromatic rings. The number of carbonyl (C=O) groups is 1. The van der Waals surface area contributed by atoms with Crippen LogP contribution in [0.1, 0.15) is 4.88 Å². The Hall–Kier alpha value is -1.27. The third-order valence-electron chi connectivity index (χ3n) is 2.74. The summed E-state index contributed by atoms with van der Waals surface area (Å²) < 4.78 is 0.747. The van der Waals surface area contributed by atoms with Crippen molar-refractivity contribution in [2.75, 3.05) is 24.6 Å². The van der Waals surface area contributed by atoms with Gasteiger partial charge in [0, 0.05) is 17.1 Å². The Morgan fingerprint density at radius 1 is 1.33 bits per heavy atom. The molecule has 0 fully saturated rings. The number of benzene rings is 1. The predicted octanol–water partition coefficient (Wildman–Crippen LogP) is 3.71. The number of hydrogen-bond acceptors (Lipinski definition) is 4. The maximum atomic E-state index is 12.0. The van der Waals surface area contributed by atoms with E-state index < -0.39 is 0 Å². The minimum Gasteiger partial charge on any atom is -0.399 e. The molecule has 1 aromatic heterocycles. The molecule has 1 aromatic carbocycles. The van der Waals surface area contributed by atoms with Gasteiger partial charge in [0.05, 0.1) is 21.6 Å². The minimum absolute atomic E-state index is 0.133.